The van der Waals surface area contributed by atoms with E-state index in [1.807, 2.05) is 0 Å². The monoisotopic (exact) mass is 337 g/mol. The van der Waals surface area contributed by atoms with Crippen molar-refractivity contribution in [2.45, 2.75) is 23.7 Å². The van der Waals surface area contributed by atoms with Crippen LogP contribution in [0.15, 0.2) is 39.8 Å². The number of alkyl halides is 3. The number of carbonyl (C=O) groups is 1. The Hall–Kier alpha value is -2.07. The Labute approximate surface area is 122 Å². The fourth-order valence-corrected chi connectivity index (χ4v) is 2.90. The third kappa shape index (κ3) is 3.77. The van der Waals surface area contributed by atoms with Crippen molar-refractivity contribution in [3.63, 3.8) is 0 Å². The molecule has 0 saturated carbocycles. The van der Waals surface area contributed by atoms with Crippen LogP contribution >= 0.6 is 0 Å². The molecule has 0 aliphatic rings. The van der Waals surface area contributed by atoms with Gasteiger partial charge in [-0.15, -0.1) is 0 Å². The van der Waals surface area contributed by atoms with Gasteiger partial charge in [-0.2, -0.15) is 17.9 Å². The van der Waals surface area contributed by atoms with E-state index in [1.165, 1.54) is 10.8 Å². The molecular weight excluding hydrogens is 327 g/mol. The Morgan fingerprint density at radius 3 is 2.50 bits per heavy atom. The maximum Gasteiger partial charge on any atom is 0.391 e. The number of sulfonamides is 1. The first-order chi connectivity index (χ1) is 10.1. The normalized spacial score (nSPS) is 14.1. The lowest BCUT2D eigenvalue weighted by Gasteiger charge is -2.15. The molecule has 1 aromatic heterocycles. The molecule has 1 atom stereocenters. The largest absolute Gasteiger partial charge is 0.480 e. The number of hydrogen-bond donors (Lipinski definition) is 2. The molecule has 120 valence electrons. The Bertz CT molecular complexity index is 763. The fraction of sp³-hybridized carbons (Fsp3) is 0.250. The van der Waals surface area contributed by atoms with Gasteiger partial charge in [0.25, 0.3) is 10.0 Å². The minimum absolute atomic E-state index is 0.213. The van der Waals surface area contributed by atoms with Gasteiger partial charge in [0.15, 0.2) is 0 Å². The van der Waals surface area contributed by atoms with Crippen LogP contribution in [0.4, 0.5) is 13.2 Å². The average molecular weight is 337 g/mol. The summed E-state index contributed by atoms with van der Waals surface area (Å²) in [7, 11) is -4.54. The maximum atomic E-state index is 12.3. The molecular formula is C12H10F3NO5S. The first kappa shape index (κ1) is 16.3. The van der Waals surface area contributed by atoms with E-state index in [0.717, 1.165) is 6.07 Å². The summed E-state index contributed by atoms with van der Waals surface area (Å²) in [6.45, 7) is 0. The molecule has 6 nitrogen and oxygen atoms in total. The minimum Gasteiger partial charge on any atom is -0.480 e. The van der Waals surface area contributed by atoms with Crippen molar-refractivity contribution >= 4 is 27.0 Å². The van der Waals surface area contributed by atoms with Crippen LogP contribution in [-0.2, 0) is 14.8 Å². The van der Waals surface area contributed by atoms with Crippen LogP contribution in [0.1, 0.15) is 6.42 Å². The number of carboxylic acid groups (broad SMARTS) is 1. The molecule has 2 rings (SSSR count). The molecule has 22 heavy (non-hydrogen) atoms. The number of para-hydroxylation sites is 1. The zero-order valence-corrected chi connectivity index (χ0v) is 11.6. The lowest BCUT2D eigenvalue weighted by Crippen LogP contribution is -2.43. The van der Waals surface area contributed by atoms with E-state index in [1.54, 1.807) is 18.2 Å². The molecule has 1 aromatic carbocycles. The van der Waals surface area contributed by atoms with Crippen LogP contribution in [0, 0.1) is 0 Å². The lowest BCUT2D eigenvalue weighted by atomic mass is 10.2. The molecule has 1 heterocycles. The number of furan rings is 1. The second-order valence-corrected chi connectivity index (χ2v) is 6.08. The predicted molar refractivity (Wildman–Crippen MR) is 68.6 cm³/mol. The maximum absolute atomic E-state index is 12.3. The summed E-state index contributed by atoms with van der Waals surface area (Å²) in [5, 5.41) is 8.50. The minimum atomic E-state index is -4.83. The Morgan fingerprint density at radius 2 is 1.95 bits per heavy atom. The van der Waals surface area contributed by atoms with Crippen molar-refractivity contribution in [2.75, 3.05) is 0 Å². The van der Waals surface area contributed by atoms with Crippen molar-refractivity contribution in [3.05, 3.63) is 30.3 Å². The number of fused-ring (bicyclic) bond motifs is 1. The van der Waals surface area contributed by atoms with E-state index in [0.29, 0.717) is 5.39 Å². The number of hydrogen-bond acceptors (Lipinski definition) is 4. The summed E-state index contributed by atoms with van der Waals surface area (Å²) >= 11 is 0. The first-order valence-corrected chi connectivity index (χ1v) is 7.37. The van der Waals surface area contributed by atoms with Gasteiger partial charge >= 0.3 is 12.1 Å². The number of nitrogens with one attached hydrogen (secondary N) is 1. The van der Waals surface area contributed by atoms with Crippen molar-refractivity contribution < 1.29 is 35.9 Å². The van der Waals surface area contributed by atoms with Crippen LogP contribution < -0.4 is 4.72 Å². The lowest BCUT2D eigenvalue weighted by molar-refractivity contribution is -0.157. The zero-order valence-electron chi connectivity index (χ0n) is 10.8. The number of benzene rings is 1. The summed E-state index contributed by atoms with van der Waals surface area (Å²) in [4.78, 5) is 10.8. The van der Waals surface area contributed by atoms with Gasteiger partial charge in [0, 0.05) is 11.5 Å². The summed E-state index contributed by atoms with van der Waals surface area (Å²) < 4.78 is 67.3. The Balaban J connectivity index is 2.30. The second kappa shape index (κ2) is 5.61. The van der Waals surface area contributed by atoms with Gasteiger partial charge in [0.05, 0.1) is 6.42 Å². The molecule has 0 bridgehead atoms. The van der Waals surface area contributed by atoms with Gasteiger partial charge in [-0.25, -0.2) is 8.42 Å². The highest BCUT2D eigenvalue weighted by Gasteiger charge is 2.38. The summed E-state index contributed by atoms with van der Waals surface area (Å²) in [6, 6.07) is 4.98. The predicted octanol–water partition coefficient (Wildman–Crippen LogP) is 2.12. The second-order valence-electron chi connectivity index (χ2n) is 4.43. The van der Waals surface area contributed by atoms with Crippen LogP contribution in [0.3, 0.4) is 0 Å². The standard InChI is InChI=1S/C12H10F3NO5S/c13-12(14,15)6-8(11(17)18)16-22(19,20)10-5-7-3-1-2-4-9(7)21-10/h1-5,8,16H,6H2,(H,17,18). The van der Waals surface area contributed by atoms with Crippen LogP contribution in [0.5, 0.6) is 0 Å². The van der Waals surface area contributed by atoms with Gasteiger partial charge in [0.2, 0.25) is 5.09 Å². The van der Waals surface area contributed by atoms with Crippen LogP contribution in [0.2, 0.25) is 0 Å². The van der Waals surface area contributed by atoms with Crippen molar-refractivity contribution in [3.8, 4) is 0 Å². The molecule has 2 aromatic rings. The van der Waals surface area contributed by atoms with E-state index >= 15 is 0 Å². The van der Waals surface area contributed by atoms with Gasteiger partial charge < -0.3 is 9.52 Å². The van der Waals surface area contributed by atoms with Gasteiger partial charge in [0.1, 0.15) is 11.6 Å². The Morgan fingerprint density at radius 1 is 1.32 bits per heavy atom. The highest BCUT2D eigenvalue weighted by Crippen LogP contribution is 2.25. The molecule has 0 radical (unpaired) electrons. The molecule has 0 saturated heterocycles. The smallest absolute Gasteiger partial charge is 0.391 e. The number of rotatable bonds is 5. The van der Waals surface area contributed by atoms with E-state index in [4.69, 9.17) is 9.52 Å². The number of carboxylic acids is 1. The van der Waals surface area contributed by atoms with Crippen molar-refractivity contribution in [1.29, 1.82) is 0 Å². The van der Waals surface area contributed by atoms with Gasteiger partial charge in [-0.05, 0) is 6.07 Å². The number of aliphatic carboxylic acids is 1. The molecule has 0 fully saturated rings. The molecule has 10 heteroatoms. The fourth-order valence-electron chi connectivity index (χ4n) is 1.75. The quantitative estimate of drug-likeness (QED) is 0.871. The number of halogens is 3. The topological polar surface area (TPSA) is 96.6 Å². The van der Waals surface area contributed by atoms with E-state index in [9.17, 15) is 26.4 Å². The molecule has 1 unspecified atom stereocenters. The van der Waals surface area contributed by atoms with Crippen LogP contribution in [0.25, 0.3) is 11.0 Å². The van der Waals surface area contributed by atoms with Crippen LogP contribution in [-0.4, -0.2) is 31.7 Å². The first-order valence-electron chi connectivity index (χ1n) is 5.89. The average Bonchev–Trinajstić information content (AvgIpc) is 2.80. The molecule has 2 N–H and O–H groups in total. The molecule has 0 spiro atoms. The SMILES string of the molecule is O=C(O)C(CC(F)(F)F)NS(=O)(=O)c1cc2ccccc2o1. The molecule has 0 aliphatic carbocycles. The summed E-state index contributed by atoms with van der Waals surface area (Å²) in [5.41, 5.74) is 0.213. The molecule has 0 aliphatic heterocycles. The van der Waals surface area contributed by atoms with E-state index < -0.39 is 39.7 Å². The third-order valence-corrected chi connectivity index (χ3v) is 4.02. The molecule has 0 amide bonds. The van der Waals surface area contributed by atoms with E-state index in [-0.39, 0.29) is 5.58 Å². The summed E-state index contributed by atoms with van der Waals surface area (Å²) in [5.74, 6) is -1.93. The zero-order chi connectivity index (χ0) is 16.5. The third-order valence-electron chi connectivity index (χ3n) is 2.70. The highest BCUT2D eigenvalue weighted by molar-refractivity contribution is 7.89. The Kier molecular flexibility index (Phi) is 4.16. The summed E-state index contributed by atoms with van der Waals surface area (Å²) in [6.07, 6.45) is -6.67. The van der Waals surface area contributed by atoms with Gasteiger partial charge in [-0.1, -0.05) is 18.2 Å². The van der Waals surface area contributed by atoms with Crippen molar-refractivity contribution in [1.82, 2.24) is 4.72 Å². The highest BCUT2D eigenvalue weighted by atomic mass is 32.2. The van der Waals surface area contributed by atoms with Crippen molar-refractivity contribution in [2.24, 2.45) is 0 Å². The van der Waals surface area contributed by atoms with E-state index in [2.05, 4.69) is 0 Å². The van der Waals surface area contributed by atoms with Gasteiger partial charge in [-0.3, -0.25) is 4.79 Å².